The highest BCUT2D eigenvalue weighted by atomic mass is 35.5. The van der Waals surface area contributed by atoms with E-state index in [1.54, 1.807) is 18.2 Å². The van der Waals surface area contributed by atoms with Crippen LogP contribution < -0.4 is 5.32 Å². The minimum Gasteiger partial charge on any atom is -0.387 e. The van der Waals surface area contributed by atoms with E-state index in [9.17, 15) is 5.11 Å². The molecule has 1 aromatic carbocycles. The van der Waals surface area contributed by atoms with E-state index >= 15 is 0 Å². The number of hydrogen-bond acceptors (Lipinski definition) is 3. The van der Waals surface area contributed by atoms with Gasteiger partial charge in [0.15, 0.2) is 0 Å². The monoisotopic (exact) mass is 329 g/mol. The number of nitrogens with one attached hydrogen (secondary N) is 1. The summed E-state index contributed by atoms with van der Waals surface area (Å²) in [6, 6.07) is 5.50. The number of aliphatic hydroxyl groups is 1. The highest BCUT2D eigenvalue weighted by Gasteiger charge is 2.33. The molecule has 116 valence electrons. The lowest BCUT2D eigenvalue weighted by Gasteiger charge is -2.29. The minimum absolute atomic E-state index is 0.283. The predicted molar refractivity (Wildman–Crippen MR) is 84.9 cm³/mol. The fraction of sp³-hybridized carbons (Fsp3) is 0.625. The van der Waals surface area contributed by atoms with E-state index in [-0.39, 0.29) is 6.10 Å². The van der Waals surface area contributed by atoms with Crippen LogP contribution >= 0.6 is 23.2 Å². The van der Waals surface area contributed by atoms with Gasteiger partial charge in [0.25, 0.3) is 0 Å². The van der Waals surface area contributed by atoms with E-state index < -0.39 is 6.10 Å². The van der Waals surface area contributed by atoms with Crippen molar-refractivity contribution in [3.63, 3.8) is 0 Å². The molecule has 4 unspecified atom stereocenters. The molecular formula is C16H21Cl2NO2. The zero-order valence-corrected chi connectivity index (χ0v) is 13.4. The maximum Gasteiger partial charge on any atom is 0.0929 e. The average molecular weight is 330 g/mol. The minimum atomic E-state index is -0.656. The summed E-state index contributed by atoms with van der Waals surface area (Å²) in [5.41, 5.74) is 0.676. The molecule has 2 heterocycles. The van der Waals surface area contributed by atoms with Gasteiger partial charge in [-0.3, -0.25) is 0 Å². The van der Waals surface area contributed by atoms with E-state index in [0.29, 0.717) is 28.2 Å². The van der Waals surface area contributed by atoms with Crippen molar-refractivity contribution < 1.29 is 9.84 Å². The molecule has 3 aliphatic rings. The highest BCUT2D eigenvalue weighted by Crippen LogP contribution is 2.32. The number of halogens is 2. The van der Waals surface area contributed by atoms with E-state index in [2.05, 4.69) is 5.32 Å². The van der Waals surface area contributed by atoms with E-state index in [4.69, 9.17) is 27.9 Å². The molecule has 3 nitrogen and oxygen atoms in total. The fourth-order valence-electron chi connectivity index (χ4n) is 3.35. The average Bonchev–Trinajstić information content (AvgIpc) is 2.80. The third-order valence-electron chi connectivity index (χ3n) is 4.63. The molecule has 0 spiro atoms. The molecule has 1 aliphatic carbocycles. The third-order valence-corrected chi connectivity index (χ3v) is 5.21. The van der Waals surface area contributed by atoms with Crippen molar-refractivity contribution in [3.05, 3.63) is 33.8 Å². The Balaban J connectivity index is 1.60. The van der Waals surface area contributed by atoms with Gasteiger partial charge in [0.2, 0.25) is 0 Å². The van der Waals surface area contributed by atoms with Crippen LogP contribution in [0.5, 0.6) is 0 Å². The van der Waals surface area contributed by atoms with Crippen LogP contribution in [0.15, 0.2) is 18.2 Å². The van der Waals surface area contributed by atoms with Gasteiger partial charge >= 0.3 is 0 Å². The fourth-order valence-corrected chi connectivity index (χ4v) is 3.77. The van der Waals surface area contributed by atoms with Crippen molar-refractivity contribution in [1.29, 1.82) is 0 Å². The first-order chi connectivity index (χ1) is 10.1. The predicted octanol–water partition coefficient (Wildman–Crippen LogP) is 3.57. The van der Waals surface area contributed by atoms with Crippen molar-refractivity contribution in [1.82, 2.24) is 5.32 Å². The molecule has 21 heavy (non-hydrogen) atoms. The molecular weight excluding hydrogens is 309 g/mol. The molecule has 1 aromatic rings. The smallest absolute Gasteiger partial charge is 0.0929 e. The first-order valence-corrected chi connectivity index (χ1v) is 8.37. The molecule has 0 radical (unpaired) electrons. The summed E-state index contributed by atoms with van der Waals surface area (Å²) in [5.74, 6) is 0.723. The van der Waals surface area contributed by atoms with Gasteiger partial charge in [-0.1, -0.05) is 23.2 Å². The van der Waals surface area contributed by atoms with E-state index in [1.807, 2.05) is 0 Å². The topological polar surface area (TPSA) is 41.5 Å². The summed E-state index contributed by atoms with van der Waals surface area (Å²) in [4.78, 5) is 0. The number of rotatable bonds is 4. The lowest BCUT2D eigenvalue weighted by molar-refractivity contribution is -0.0166. The summed E-state index contributed by atoms with van der Waals surface area (Å²) in [7, 11) is 0. The Kier molecular flexibility index (Phi) is 5.07. The first kappa shape index (κ1) is 15.6. The van der Waals surface area contributed by atoms with Gasteiger partial charge in [-0.25, -0.2) is 0 Å². The number of aliphatic hydroxyl groups excluding tert-OH is 1. The molecule has 5 heteroatoms. The molecule has 2 bridgehead atoms. The van der Waals surface area contributed by atoms with Gasteiger partial charge < -0.3 is 15.2 Å². The number of ether oxygens (including phenoxy) is 1. The normalized spacial score (nSPS) is 30.1. The van der Waals surface area contributed by atoms with Crippen molar-refractivity contribution in [2.45, 2.75) is 43.9 Å². The Labute approximate surface area is 135 Å². The second kappa shape index (κ2) is 6.84. The van der Waals surface area contributed by atoms with Crippen LogP contribution in [0.3, 0.4) is 0 Å². The third kappa shape index (κ3) is 3.72. The van der Waals surface area contributed by atoms with Crippen LogP contribution in [0.25, 0.3) is 0 Å². The van der Waals surface area contributed by atoms with Gasteiger partial charge in [0, 0.05) is 34.8 Å². The maximum atomic E-state index is 10.3. The Morgan fingerprint density at radius 2 is 2.05 bits per heavy atom. The second-order valence-corrected chi connectivity index (χ2v) is 6.93. The lowest BCUT2D eigenvalue weighted by atomic mass is 10.00. The van der Waals surface area contributed by atoms with Crippen LogP contribution in [0.1, 0.15) is 37.4 Å². The van der Waals surface area contributed by atoms with E-state index in [0.717, 1.165) is 25.4 Å². The van der Waals surface area contributed by atoms with Crippen molar-refractivity contribution in [2.24, 2.45) is 5.92 Å². The van der Waals surface area contributed by atoms with Gasteiger partial charge in [-0.2, -0.15) is 0 Å². The molecule has 0 amide bonds. The van der Waals surface area contributed by atoms with E-state index in [1.165, 1.54) is 12.8 Å². The summed E-state index contributed by atoms with van der Waals surface area (Å²) in [6.45, 7) is 1.36. The van der Waals surface area contributed by atoms with Crippen molar-refractivity contribution >= 4 is 23.2 Å². The van der Waals surface area contributed by atoms with Gasteiger partial charge in [0.1, 0.15) is 0 Å². The molecule has 2 saturated heterocycles. The standard InChI is InChI=1S/C16H21Cl2NO2/c17-11-3-4-13(18)12(7-11)15(20)8-19-14-5-1-10-2-6-16(14)21-9-10/h3-4,7,10,14-16,19-20H,1-2,5-6,8-9H2. The Hall–Kier alpha value is -0.320. The number of hydrogen-bond donors (Lipinski definition) is 2. The van der Waals surface area contributed by atoms with Crippen molar-refractivity contribution in [2.75, 3.05) is 13.2 Å². The quantitative estimate of drug-likeness (QED) is 0.887. The number of benzene rings is 1. The summed E-state index contributed by atoms with van der Waals surface area (Å²) in [6.07, 6.45) is 4.34. The van der Waals surface area contributed by atoms with Crippen LogP contribution in [-0.4, -0.2) is 30.4 Å². The van der Waals surface area contributed by atoms with Crippen molar-refractivity contribution in [3.8, 4) is 0 Å². The zero-order valence-electron chi connectivity index (χ0n) is 11.9. The summed E-state index contributed by atoms with van der Waals surface area (Å²) >= 11 is 12.1. The van der Waals surface area contributed by atoms with Crippen LogP contribution in [0.2, 0.25) is 10.0 Å². The maximum absolute atomic E-state index is 10.3. The lowest BCUT2D eigenvalue weighted by Crippen LogP contribution is -2.42. The van der Waals surface area contributed by atoms with Crippen LogP contribution in [0.4, 0.5) is 0 Å². The van der Waals surface area contributed by atoms with Crippen LogP contribution in [0, 0.1) is 5.92 Å². The second-order valence-electron chi connectivity index (χ2n) is 6.09. The first-order valence-electron chi connectivity index (χ1n) is 7.61. The molecule has 0 aromatic heterocycles. The molecule has 2 aliphatic heterocycles. The molecule has 4 atom stereocenters. The summed E-state index contributed by atoms with van der Waals surface area (Å²) in [5, 5.41) is 14.9. The molecule has 1 saturated carbocycles. The Morgan fingerprint density at radius 1 is 1.24 bits per heavy atom. The Bertz CT molecular complexity index is 489. The molecule has 4 rings (SSSR count). The summed E-state index contributed by atoms with van der Waals surface area (Å²) < 4.78 is 5.90. The number of fused-ring (bicyclic) bond motifs is 4. The van der Waals surface area contributed by atoms with Gasteiger partial charge in [0.05, 0.1) is 12.2 Å². The van der Waals surface area contributed by atoms with Gasteiger partial charge in [-0.15, -0.1) is 0 Å². The molecule has 3 fully saturated rings. The largest absolute Gasteiger partial charge is 0.387 e. The Morgan fingerprint density at radius 3 is 2.81 bits per heavy atom. The molecule has 2 N–H and O–H groups in total. The zero-order chi connectivity index (χ0) is 14.8. The highest BCUT2D eigenvalue weighted by molar-refractivity contribution is 6.33. The van der Waals surface area contributed by atoms with Crippen LogP contribution in [-0.2, 0) is 4.74 Å². The van der Waals surface area contributed by atoms with Gasteiger partial charge in [-0.05, 0) is 49.8 Å². The SMILES string of the molecule is OC(CNC1CCC2CCC1OC2)c1cc(Cl)ccc1Cl.